The van der Waals surface area contributed by atoms with E-state index in [1.54, 1.807) is 14.2 Å². The molecule has 0 aromatic rings. The third-order valence-corrected chi connectivity index (χ3v) is 5.00. The number of rotatable bonds is 6. The van der Waals surface area contributed by atoms with Gasteiger partial charge in [0.1, 0.15) is 0 Å². The van der Waals surface area contributed by atoms with Gasteiger partial charge in [-0.05, 0) is 35.2 Å². The average molecular weight is 338 g/mol. The summed E-state index contributed by atoms with van der Waals surface area (Å²) in [5.74, 6) is 1.27. The van der Waals surface area contributed by atoms with Gasteiger partial charge in [-0.25, -0.2) is 0 Å². The van der Waals surface area contributed by atoms with E-state index in [1.807, 2.05) is 0 Å². The summed E-state index contributed by atoms with van der Waals surface area (Å²) in [6.07, 6.45) is 2.39. The van der Waals surface area contributed by atoms with Gasteiger partial charge >= 0.3 is 0 Å². The van der Waals surface area contributed by atoms with Crippen LogP contribution in [-0.2, 0) is 9.47 Å². The summed E-state index contributed by atoms with van der Waals surface area (Å²) >= 11 is 2.31. The van der Waals surface area contributed by atoms with Crippen molar-refractivity contribution in [3.05, 3.63) is 9.66 Å². The van der Waals surface area contributed by atoms with Crippen molar-refractivity contribution in [2.24, 2.45) is 17.3 Å². The fourth-order valence-corrected chi connectivity index (χ4v) is 3.02. The van der Waals surface area contributed by atoms with Crippen molar-refractivity contribution in [3.8, 4) is 0 Å². The molecule has 0 saturated heterocycles. The van der Waals surface area contributed by atoms with Crippen molar-refractivity contribution in [2.75, 3.05) is 14.2 Å². The fraction of sp³-hybridized carbons (Fsp3) is 0.846. The molecule has 2 nitrogen and oxygen atoms in total. The monoisotopic (exact) mass is 338 g/mol. The Bertz CT molecular complexity index is 257. The van der Waals surface area contributed by atoms with Crippen LogP contribution in [0.25, 0.3) is 0 Å². The molecule has 94 valence electrons. The average Bonchev–Trinajstić information content (AvgIpc) is 2.80. The van der Waals surface area contributed by atoms with E-state index in [0.29, 0.717) is 11.3 Å². The molecule has 0 unspecified atom stereocenters. The zero-order valence-electron chi connectivity index (χ0n) is 10.9. The lowest BCUT2D eigenvalue weighted by Gasteiger charge is -2.14. The quantitative estimate of drug-likeness (QED) is 0.538. The molecule has 1 fully saturated rings. The first-order valence-corrected chi connectivity index (χ1v) is 7.05. The van der Waals surface area contributed by atoms with Crippen LogP contribution < -0.4 is 0 Å². The Kier molecular flexibility index (Phi) is 5.26. The summed E-state index contributed by atoms with van der Waals surface area (Å²) in [4.78, 5) is 0. The number of methoxy groups -OCH3 is 2. The highest BCUT2D eigenvalue weighted by Crippen LogP contribution is 2.62. The van der Waals surface area contributed by atoms with Crippen LogP contribution in [0, 0.1) is 17.3 Å². The lowest BCUT2D eigenvalue weighted by molar-refractivity contribution is -0.123. The highest BCUT2D eigenvalue weighted by molar-refractivity contribution is 14.1. The van der Waals surface area contributed by atoms with Crippen molar-refractivity contribution in [1.29, 1.82) is 0 Å². The second-order valence-electron chi connectivity index (χ2n) is 5.29. The molecular weight excluding hydrogens is 315 g/mol. The summed E-state index contributed by atoms with van der Waals surface area (Å²) in [6, 6.07) is 0. The Balaban J connectivity index is 2.50. The molecule has 0 heterocycles. The molecule has 1 rings (SSSR count). The Labute approximate surface area is 113 Å². The second kappa shape index (κ2) is 5.83. The first-order chi connectivity index (χ1) is 7.48. The molecule has 3 heteroatoms. The van der Waals surface area contributed by atoms with Crippen LogP contribution in [0.3, 0.4) is 0 Å². The molecule has 0 aromatic heterocycles. The maximum atomic E-state index is 5.38. The molecule has 0 aromatic carbocycles. The normalized spacial score (nSPS) is 28.6. The largest absolute Gasteiger partial charge is 0.356 e. The van der Waals surface area contributed by atoms with Gasteiger partial charge in [-0.1, -0.05) is 42.0 Å². The van der Waals surface area contributed by atoms with E-state index in [4.69, 9.17) is 9.47 Å². The Morgan fingerprint density at radius 3 is 2.38 bits per heavy atom. The summed E-state index contributed by atoms with van der Waals surface area (Å²) in [5.41, 5.74) is 1.83. The van der Waals surface area contributed by atoms with Gasteiger partial charge < -0.3 is 9.47 Å². The third-order valence-electron chi connectivity index (χ3n) is 3.93. The Morgan fingerprint density at radius 2 is 1.94 bits per heavy atom. The predicted octanol–water partition coefficient (Wildman–Crippen LogP) is 4.00. The minimum absolute atomic E-state index is 0.0381. The molecule has 0 aliphatic heterocycles. The van der Waals surface area contributed by atoms with E-state index >= 15 is 0 Å². The predicted molar refractivity (Wildman–Crippen MR) is 75.6 cm³/mol. The molecular formula is C13H23IO2. The van der Waals surface area contributed by atoms with E-state index in [0.717, 1.165) is 5.92 Å². The van der Waals surface area contributed by atoms with Gasteiger partial charge in [0.25, 0.3) is 0 Å². The van der Waals surface area contributed by atoms with Crippen LogP contribution in [0.4, 0.5) is 0 Å². The summed E-state index contributed by atoms with van der Waals surface area (Å²) < 4.78 is 12.9. The molecule has 1 saturated carbocycles. The third kappa shape index (κ3) is 2.99. The van der Waals surface area contributed by atoms with Gasteiger partial charge in [-0.2, -0.15) is 0 Å². The SMILES string of the molecule is COC(OC)[C@H]1[C@@H](CC/C(C)=C/I)C1(C)C. The van der Waals surface area contributed by atoms with Gasteiger partial charge in [0.15, 0.2) is 6.29 Å². The highest BCUT2D eigenvalue weighted by atomic mass is 127. The lowest BCUT2D eigenvalue weighted by atomic mass is 10.0. The van der Waals surface area contributed by atoms with Crippen molar-refractivity contribution in [2.45, 2.75) is 39.9 Å². The second-order valence-corrected chi connectivity index (χ2v) is 5.91. The first kappa shape index (κ1) is 14.5. The molecule has 0 N–H and O–H groups in total. The maximum Gasteiger partial charge on any atom is 0.160 e. The smallest absolute Gasteiger partial charge is 0.160 e. The minimum Gasteiger partial charge on any atom is -0.356 e. The van der Waals surface area contributed by atoms with Crippen LogP contribution in [0.5, 0.6) is 0 Å². The molecule has 0 radical (unpaired) electrons. The maximum absolute atomic E-state index is 5.38. The molecule has 1 aliphatic carbocycles. The molecule has 1 aliphatic rings. The van der Waals surface area contributed by atoms with Crippen molar-refractivity contribution in [1.82, 2.24) is 0 Å². The number of ether oxygens (including phenoxy) is 2. The van der Waals surface area contributed by atoms with Crippen LogP contribution in [0.15, 0.2) is 9.66 Å². The lowest BCUT2D eigenvalue weighted by Crippen LogP contribution is -2.18. The zero-order valence-corrected chi connectivity index (χ0v) is 13.1. The minimum atomic E-state index is -0.0381. The van der Waals surface area contributed by atoms with Gasteiger partial charge in [0.05, 0.1) is 0 Å². The summed E-state index contributed by atoms with van der Waals surface area (Å²) in [6.45, 7) is 6.83. The standard InChI is InChI=1S/C13H23IO2/c1-9(8-14)6-7-10-11(13(10,2)3)12(15-4)16-5/h8,10-12H,6-7H2,1-5H3/b9-8+/t10-,11-/m1/s1. The summed E-state index contributed by atoms with van der Waals surface area (Å²) in [7, 11) is 3.46. The molecule has 2 atom stereocenters. The summed E-state index contributed by atoms with van der Waals surface area (Å²) in [5, 5.41) is 0. The van der Waals surface area contributed by atoms with Gasteiger partial charge in [-0.3, -0.25) is 0 Å². The number of allylic oxidation sites excluding steroid dienone is 1. The van der Waals surface area contributed by atoms with E-state index in [2.05, 4.69) is 47.4 Å². The van der Waals surface area contributed by atoms with Crippen LogP contribution in [0.2, 0.25) is 0 Å². The number of halogens is 1. The van der Waals surface area contributed by atoms with E-state index in [9.17, 15) is 0 Å². The Hall–Kier alpha value is 0.390. The van der Waals surface area contributed by atoms with Crippen LogP contribution >= 0.6 is 22.6 Å². The molecule has 0 bridgehead atoms. The van der Waals surface area contributed by atoms with E-state index in [1.165, 1.54) is 18.4 Å². The topological polar surface area (TPSA) is 18.5 Å². The van der Waals surface area contributed by atoms with Crippen molar-refractivity contribution in [3.63, 3.8) is 0 Å². The number of hydrogen-bond donors (Lipinski definition) is 0. The molecule has 16 heavy (non-hydrogen) atoms. The molecule has 0 amide bonds. The Morgan fingerprint density at radius 1 is 1.38 bits per heavy atom. The fourth-order valence-electron chi connectivity index (χ4n) is 2.71. The number of hydrogen-bond acceptors (Lipinski definition) is 2. The zero-order chi connectivity index (χ0) is 12.3. The van der Waals surface area contributed by atoms with Crippen LogP contribution in [-0.4, -0.2) is 20.5 Å². The van der Waals surface area contributed by atoms with Crippen molar-refractivity contribution >= 4 is 22.6 Å². The van der Waals surface area contributed by atoms with Crippen molar-refractivity contribution < 1.29 is 9.47 Å². The van der Waals surface area contributed by atoms with E-state index in [-0.39, 0.29) is 6.29 Å². The molecule has 0 spiro atoms. The van der Waals surface area contributed by atoms with Gasteiger partial charge in [-0.15, -0.1) is 0 Å². The van der Waals surface area contributed by atoms with Crippen LogP contribution in [0.1, 0.15) is 33.6 Å². The van der Waals surface area contributed by atoms with Gasteiger partial charge in [0.2, 0.25) is 0 Å². The first-order valence-electron chi connectivity index (χ1n) is 5.80. The highest BCUT2D eigenvalue weighted by Gasteiger charge is 2.60. The van der Waals surface area contributed by atoms with E-state index < -0.39 is 0 Å². The van der Waals surface area contributed by atoms with Gasteiger partial charge in [0, 0.05) is 20.1 Å².